The highest BCUT2D eigenvalue weighted by molar-refractivity contribution is 7.51. The first kappa shape index (κ1) is 11.5. The number of aliphatic hydroxyl groups is 1. The van der Waals surface area contributed by atoms with Gasteiger partial charge in [0.1, 0.15) is 5.67 Å². The van der Waals surface area contributed by atoms with Gasteiger partial charge in [0, 0.05) is 0 Å². The van der Waals surface area contributed by atoms with Gasteiger partial charge in [-0.1, -0.05) is 0 Å². The molecule has 0 bridgehead atoms. The van der Waals surface area contributed by atoms with Crippen LogP contribution in [-0.2, 0) is 11.6 Å². The molecule has 0 amide bonds. The molecule has 0 unspecified atom stereocenters. The first-order chi connectivity index (χ1) is 3.97. The van der Waals surface area contributed by atoms with Gasteiger partial charge in [0.15, 0.2) is 0 Å². The highest BCUT2D eigenvalue weighted by atomic mass is 32.1. The van der Waals surface area contributed by atoms with E-state index in [1.807, 2.05) is 0 Å². The highest BCUT2D eigenvalue weighted by Crippen LogP contribution is 2.03. The van der Waals surface area contributed by atoms with Crippen LogP contribution in [0.1, 0.15) is 13.8 Å². The number of rotatable bonds is 1. The summed E-state index contributed by atoms with van der Waals surface area (Å²) >= 11 is -0.750. The van der Waals surface area contributed by atoms with Crippen LogP contribution < -0.4 is 0 Å². The normalized spacial score (nSPS) is 9.33. The number of alkyl halides is 1. The molecule has 0 fully saturated rings. The molecule has 1 N–H and O–H groups in total. The number of hydrogen-bond acceptors (Lipinski definition) is 3. The summed E-state index contributed by atoms with van der Waals surface area (Å²) in [6.45, 7) is 2.26. The SMILES string of the molecule is CC(C)(F)CO.O=S=O. The topological polar surface area (TPSA) is 54.4 Å². The van der Waals surface area contributed by atoms with E-state index >= 15 is 0 Å². The van der Waals surface area contributed by atoms with E-state index in [0.717, 1.165) is 0 Å². The third-order valence-electron chi connectivity index (χ3n) is 0.376. The Hall–Kier alpha value is -0.290. The molecular formula is C4H9FO3S. The van der Waals surface area contributed by atoms with Crippen LogP contribution in [0.3, 0.4) is 0 Å². The molecule has 0 saturated carbocycles. The van der Waals surface area contributed by atoms with Crippen molar-refractivity contribution < 1.29 is 17.9 Å². The van der Waals surface area contributed by atoms with Gasteiger partial charge in [-0.3, -0.25) is 0 Å². The summed E-state index contributed by atoms with van der Waals surface area (Å²) in [6, 6.07) is 0. The second-order valence-corrected chi connectivity index (χ2v) is 2.08. The quantitative estimate of drug-likeness (QED) is 0.584. The van der Waals surface area contributed by atoms with Gasteiger partial charge in [-0.25, -0.2) is 4.39 Å². The lowest BCUT2D eigenvalue weighted by molar-refractivity contribution is 0.106. The largest absolute Gasteiger partial charge is 0.393 e. The molecule has 0 atom stereocenters. The van der Waals surface area contributed by atoms with Gasteiger partial charge >= 0.3 is 11.6 Å². The van der Waals surface area contributed by atoms with E-state index in [-0.39, 0.29) is 0 Å². The van der Waals surface area contributed by atoms with E-state index in [4.69, 9.17) is 13.5 Å². The molecule has 0 aromatic carbocycles. The second-order valence-electron chi connectivity index (χ2n) is 1.94. The Morgan fingerprint density at radius 1 is 1.56 bits per heavy atom. The van der Waals surface area contributed by atoms with Gasteiger partial charge in [-0.05, 0) is 13.8 Å². The smallest absolute Gasteiger partial charge is 0.335 e. The zero-order valence-corrected chi connectivity index (χ0v) is 6.07. The molecule has 0 aliphatic heterocycles. The van der Waals surface area contributed by atoms with Crippen LogP contribution >= 0.6 is 0 Å². The number of hydrogen-bond donors (Lipinski definition) is 1. The van der Waals surface area contributed by atoms with Crippen molar-refractivity contribution in [3.8, 4) is 0 Å². The minimum absolute atomic E-state index is 0.396. The summed E-state index contributed by atoms with van der Waals surface area (Å²) in [7, 11) is 0. The van der Waals surface area contributed by atoms with Crippen molar-refractivity contribution in [2.75, 3.05) is 6.61 Å². The first-order valence-corrected chi connectivity index (χ1v) is 2.86. The van der Waals surface area contributed by atoms with E-state index in [2.05, 4.69) is 0 Å². The summed E-state index contributed by atoms with van der Waals surface area (Å²) in [6.07, 6.45) is 0. The maximum Gasteiger partial charge on any atom is 0.335 e. The number of halogens is 1. The predicted molar refractivity (Wildman–Crippen MR) is 31.2 cm³/mol. The van der Waals surface area contributed by atoms with Crippen LogP contribution in [0.25, 0.3) is 0 Å². The number of aliphatic hydroxyl groups excluding tert-OH is 1. The molecule has 0 aromatic heterocycles. The van der Waals surface area contributed by atoms with Crippen LogP contribution in [0.2, 0.25) is 0 Å². The van der Waals surface area contributed by atoms with Crippen LogP contribution in [0.4, 0.5) is 4.39 Å². The Kier molecular flexibility index (Phi) is 7.46. The van der Waals surface area contributed by atoms with E-state index < -0.39 is 23.8 Å². The predicted octanol–water partition coefficient (Wildman–Crippen LogP) is 0.0566. The van der Waals surface area contributed by atoms with E-state index in [1.165, 1.54) is 13.8 Å². The Labute approximate surface area is 56.5 Å². The molecule has 0 saturated heterocycles. The van der Waals surface area contributed by atoms with Crippen molar-refractivity contribution in [2.45, 2.75) is 19.5 Å². The zero-order chi connectivity index (χ0) is 7.91. The average molecular weight is 156 g/mol. The zero-order valence-electron chi connectivity index (χ0n) is 5.26. The van der Waals surface area contributed by atoms with Gasteiger partial charge in [0.05, 0.1) is 6.61 Å². The summed E-state index contributed by atoms with van der Waals surface area (Å²) in [5, 5.41) is 8.03. The van der Waals surface area contributed by atoms with Crippen molar-refractivity contribution in [1.82, 2.24) is 0 Å². The molecule has 9 heavy (non-hydrogen) atoms. The molecule has 5 heteroatoms. The highest BCUT2D eigenvalue weighted by Gasteiger charge is 2.11. The fourth-order valence-corrected chi connectivity index (χ4v) is 0. The third-order valence-corrected chi connectivity index (χ3v) is 0.376. The van der Waals surface area contributed by atoms with Crippen LogP contribution in [0.5, 0.6) is 0 Å². The molecule has 0 aliphatic carbocycles. The molecule has 0 aliphatic rings. The van der Waals surface area contributed by atoms with E-state index in [1.54, 1.807) is 0 Å². The van der Waals surface area contributed by atoms with E-state index in [9.17, 15) is 4.39 Å². The lowest BCUT2D eigenvalue weighted by Crippen LogP contribution is -2.16. The lowest BCUT2D eigenvalue weighted by Gasteiger charge is -2.06. The molecule has 0 radical (unpaired) electrons. The Bertz CT molecular complexity index is 92.5. The van der Waals surface area contributed by atoms with Gasteiger partial charge in [-0.15, -0.1) is 0 Å². The van der Waals surface area contributed by atoms with Crippen molar-refractivity contribution in [2.24, 2.45) is 0 Å². The van der Waals surface area contributed by atoms with Gasteiger partial charge in [0.2, 0.25) is 0 Å². The van der Waals surface area contributed by atoms with Crippen molar-refractivity contribution in [3.63, 3.8) is 0 Å². The molecule has 0 heterocycles. The summed E-state index contributed by atoms with van der Waals surface area (Å²) in [5.74, 6) is 0. The molecule has 3 nitrogen and oxygen atoms in total. The third kappa shape index (κ3) is 34.2. The Morgan fingerprint density at radius 2 is 1.67 bits per heavy atom. The van der Waals surface area contributed by atoms with Gasteiger partial charge < -0.3 is 5.11 Å². The molecule has 56 valence electrons. The summed E-state index contributed by atoms with van der Waals surface area (Å²) in [4.78, 5) is 0. The first-order valence-electron chi connectivity index (χ1n) is 2.19. The van der Waals surface area contributed by atoms with E-state index in [0.29, 0.717) is 0 Å². The van der Waals surface area contributed by atoms with Crippen LogP contribution in [0, 0.1) is 0 Å². The minimum Gasteiger partial charge on any atom is -0.393 e. The molecule has 0 aromatic rings. The minimum atomic E-state index is -1.40. The lowest BCUT2D eigenvalue weighted by atomic mass is 10.2. The average Bonchev–Trinajstić information content (AvgIpc) is 1.67. The molecule has 0 spiro atoms. The summed E-state index contributed by atoms with van der Waals surface area (Å²) < 4.78 is 28.5. The standard InChI is InChI=1S/C4H9FO.O2S/c1-4(2,5)3-6;1-3-2/h6H,3H2,1-2H3;. The Morgan fingerprint density at radius 3 is 1.67 bits per heavy atom. The van der Waals surface area contributed by atoms with Crippen LogP contribution in [0.15, 0.2) is 0 Å². The maximum atomic E-state index is 11.9. The molecular weight excluding hydrogens is 147 g/mol. The van der Waals surface area contributed by atoms with Crippen molar-refractivity contribution in [1.29, 1.82) is 0 Å². The maximum absolute atomic E-state index is 11.9. The van der Waals surface area contributed by atoms with Gasteiger partial charge in [-0.2, -0.15) is 8.42 Å². The fourth-order valence-electron chi connectivity index (χ4n) is 0. The second kappa shape index (κ2) is 5.84. The van der Waals surface area contributed by atoms with Crippen molar-refractivity contribution >= 4 is 11.6 Å². The fraction of sp³-hybridized carbons (Fsp3) is 1.00. The monoisotopic (exact) mass is 156 g/mol. The van der Waals surface area contributed by atoms with Gasteiger partial charge in [0.25, 0.3) is 0 Å². The summed E-state index contributed by atoms with van der Waals surface area (Å²) in [5.41, 5.74) is -1.40. The molecule has 0 rings (SSSR count). The Balaban J connectivity index is 0. The van der Waals surface area contributed by atoms with Crippen molar-refractivity contribution in [3.05, 3.63) is 0 Å². The van der Waals surface area contributed by atoms with Crippen LogP contribution in [-0.4, -0.2) is 25.8 Å².